The zero-order chi connectivity index (χ0) is 14.1. The van der Waals surface area contributed by atoms with Crippen LogP contribution in [0.2, 0.25) is 0 Å². The van der Waals surface area contributed by atoms with Crippen molar-refractivity contribution in [3.63, 3.8) is 0 Å². The fourth-order valence-corrected chi connectivity index (χ4v) is 4.50. The summed E-state index contributed by atoms with van der Waals surface area (Å²) >= 11 is 0. The number of fused-ring (bicyclic) bond motifs is 2. The maximum atomic E-state index is 11.9. The molecule has 3 fully saturated rings. The molecule has 0 aromatic heterocycles. The second-order valence-corrected chi connectivity index (χ2v) is 6.77. The lowest BCUT2D eigenvalue weighted by Gasteiger charge is -2.23. The van der Waals surface area contributed by atoms with Gasteiger partial charge in [0.05, 0.1) is 5.92 Å². The summed E-state index contributed by atoms with van der Waals surface area (Å²) in [6, 6.07) is -0.390. The summed E-state index contributed by atoms with van der Waals surface area (Å²) in [5.41, 5.74) is 0. The Hall–Kier alpha value is -1.26. The average Bonchev–Trinajstić information content (AvgIpc) is 3.11. The van der Waals surface area contributed by atoms with E-state index in [1.165, 1.54) is 25.7 Å². The number of aliphatic carboxylic acids is 1. The third kappa shape index (κ3) is 2.76. The van der Waals surface area contributed by atoms with Crippen LogP contribution in [0, 0.1) is 23.7 Å². The highest BCUT2D eigenvalue weighted by molar-refractivity contribution is 5.77. The molecule has 0 heterocycles. The van der Waals surface area contributed by atoms with Crippen molar-refractivity contribution in [3.8, 4) is 0 Å². The van der Waals surface area contributed by atoms with Crippen molar-refractivity contribution in [1.82, 2.24) is 10.6 Å². The number of amides is 2. The number of rotatable bonds is 4. The van der Waals surface area contributed by atoms with Gasteiger partial charge >= 0.3 is 12.0 Å². The summed E-state index contributed by atoms with van der Waals surface area (Å²) in [7, 11) is 0. The fourth-order valence-electron chi connectivity index (χ4n) is 4.50. The lowest BCUT2D eigenvalue weighted by atomic mass is 9.89. The second-order valence-electron chi connectivity index (χ2n) is 6.77. The molecule has 5 heteroatoms. The first-order valence-electron chi connectivity index (χ1n) is 7.90. The van der Waals surface area contributed by atoms with Gasteiger partial charge in [-0.15, -0.1) is 0 Å². The average molecular weight is 280 g/mol. The lowest BCUT2D eigenvalue weighted by Crippen LogP contribution is -2.46. The Bertz CT molecular complexity index is 399. The van der Waals surface area contributed by atoms with Crippen LogP contribution in [0.25, 0.3) is 0 Å². The van der Waals surface area contributed by atoms with Crippen LogP contribution < -0.4 is 10.6 Å². The van der Waals surface area contributed by atoms with Crippen molar-refractivity contribution in [2.75, 3.05) is 6.54 Å². The van der Waals surface area contributed by atoms with Crippen LogP contribution in [0.3, 0.4) is 0 Å². The number of carbonyl (C=O) groups excluding carboxylic acids is 1. The molecule has 0 aliphatic heterocycles. The molecule has 2 amide bonds. The standard InChI is InChI=1S/C15H24N2O3/c18-14(19)12-2-1-3-13(12)17-15(20)16-8-11-7-9-4-5-10(11)6-9/h9-13H,1-8H2,(H,18,19)(H2,16,17,20). The highest BCUT2D eigenvalue weighted by atomic mass is 16.4. The molecule has 5 unspecified atom stereocenters. The highest BCUT2D eigenvalue weighted by Crippen LogP contribution is 2.47. The second kappa shape index (κ2) is 5.62. The Morgan fingerprint density at radius 3 is 2.60 bits per heavy atom. The largest absolute Gasteiger partial charge is 0.481 e. The molecule has 0 saturated heterocycles. The molecule has 3 rings (SSSR count). The normalized spacial score (nSPS) is 38.9. The predicted octanol–water partition coefficient (Wildman–Crippen LogP) is 1.98. The number of carboxylic acids is 1. The van der Waals surface area contributed by atoms with Crippen molar-refractivity contribution in [2.24, 2.45) is 23.7 Å². The van der Waals surface area contributed by atoms with Crippen molar-refractivity contribution >= 4 is 12.0 Å². The number of nitrogens with one attached hydrogen (secondary N) is 2. The fraction of sp³-hybridized carbons (Fsp3) is 0.867. The number of carboxylic acid groups (broad SMARTS) is 1. The van der Waals surface area contributed by atoms with Gasteiger partial charge in [-0.2, -0.15) is 0 Å². The zero-order valence-electron chi connectivity index (χ0n) is 11.8. The molecule has 5 nitrogen and oxygen atoms in total. The van der Waals surface area contributed by atoms with Gasteiger partial charge in [-0.05, 0) is 49.9 Å². The Labute approximate surface area is 119 Å². The van der Waals surface area contributed by atoms with E-state index in [0.29, 0.717) is 12.3 Å². The van der Waals surface area contributed by atoms with Crippen molar-refractivity contribution in [2.45, 2.75) is 51.0 Å². The SMILES string of the molecule is O=C(NCC1CC2CCC1C2)NC1CCCC1C(=O)O. The first-order chi connectivity index (χ1) is 9.63. The number of hydrogen-bond donors (Lipinski definition) is 3. The minimum Gasteiger partial charge on any atom is -0.481 e. The summed E-state index contributed by atoms with van der Waals surface area (Å²) in [6.07, 6.45) is 7.63. The van der Waals surface area contributed by atoms with Crippen LogP contribution in [-0.2, 0) is 4.79 Å². The molecular formula is C15H24N2O3. The molecule has 3 N–H and O–H groups in total. The van der Waals surface area contributed by atoms with E-state index >= 15 is 0 Å². The monoisotopic (exact) mass is 280 g/mol. The molecule has 3 aliphatic carbocycles. The van der Waals surface area contributed by atoms with Gasteiger partial charge in [-0.1, -0.05) is 12.8 Å². The topological polar surface area (TPSA) is 78.4 Å². The minimum atomic E-state index is -0.791. The number of hydrogen-bond acceptors (Lipinski definition) is 2. The van der Waals surface area contributed by atoms with Gasteiger partial charge in [-0.25, -0.2) is 4.79 Å². The molecule has 0 aromatic rings. The Morgan fingerprint density at radius 2 is 1.95 bits per heavy atom. The van der Waals surface area contributed by atoms with Crippen molar-refractivity contribution < 1.29 is 14.7 Å². The Morgan fingerprint density at radius 1 is 1.10 bits per heavy atom. The van der Waals surface area contributed by atoms with E-state index in [-0.39, 0.29) is 12.1 Å². The first kappa shape index (κ1) is 13.7. The van der Waals surface area contributed by atoms with E-state index in [1.54, 1.807) is 0 Å². The first-order valence-corrected chi connectivity index (χ1v) is 7.90. The van der Waals surface area contributed by atoms with Gasteiger partial charge in [0.1, 0.15) is 0 Å². The van der Waals surface area contributed by atoms with Gasteiger partial charge in [-0.3, -0.25) is 4.79 Å². The van der Waals surface area contributed by atoms with Gasteiger partial charge in [0.15, 0.2) is 0 Å². The Kier molecular flexibility index (Phi) is 3.85. The quantitative estimate of drug-likeness (QED) is 0.736. The molecule has 5 atom stereocenters. The third-order valence-electron chi connectivity index (χ3n) is 5.56. The van der Waals surface area contributed by atoms with Crippen LogP contribution in [0.15, 0.2) is 0 Å². The number of carbonyl (C=O) groups is 2. The van der Waals surface area contributed by atoms with Crippen molar-refractivity contribution in [3.05, 3.63) is 0 Å². The van der Waals surface area contributed by atoms with Gasteiger partial charge in [0.2, 0.25) is 0 Å². The molecule has 0 spiro atoms. The molecule has 20 heavy (non-hydrogen) atoms. The van der Waals surface area contributed by atoms with Crippen molar-refractivity contribution in [1.29, 1.82) is 0 Å². The third-order valence-corrected chi connectivity index (χ3v) is 5.56. The predicted molar refractivity (Wildman–Crippen MR) is 74.2 cm³/mol. The summed E-state index contributed by atoms with van der Waals surface area (Å²) < 4.78 is 0. The maximum absolute atomic E-state index is 11.9. The molecule has 3 saturated carbocycles. The summed E-state index contributed by atoms with van der Waals surface area (Å²) in [5, 5.41) is 14.9. The smallest absolute Gasteiger partial charge is 0.315 e. The Balaban J connectivity index is 1.42. The summed E-state index contributed by atoms with van der Waals surface area (Å²) in [5.74, 6) is 1.13. The summed E-state index contributed by atoms with van der Waals surface area (Å²) in [4.78, 5) is 23.0. The van der Waals surface area contributed by atoms with Crippen LogP contribution in [0.4, 0.5) is 4.79 Å². The maximum Gasteiger partial charge on any atom is 0.315 e. The van der Waals surface area contributed by atoms with E-state index in [4.69, 9.17) is 5.11 Å². The number of urea groups is 1. The minimum absolute atomic E-state index is 0.189. The van der Waals surface area contributed by atoms with Gasteiger partial charge in [0.25, 0.3) is 0 Å². The molecule has 112 valence electrons. The van der Waals surface area contributed by atoms with Crippen LogP contribution in [0.1, 0.15) is 44.9 Å². The highest BCUT2D eigenvalue weighted by Gasteiger charge is 2.39. The molecule has 0 radical (unpaired) electrons. The van der Waals surface area contributed by atoms with Crippen LogP contribution >= 0.6 is 0 Å². The van der Waals surface area contributed by atoms with E-state index in [2.05, 4.69) is 10.6 Å². The summed E-state index contributed by atoms with van der Waals surface area (Å²) in [6.45, 7) is 0.747. The lowest BCUT2D eigenvalue weighted by molar-refractivity contribution is -0.142. The van der Waals surface area contributed by atoms with E-state index in [1.807, 2.05) is 0 Å². The van der Waals surface area contributed by atoms with Gasteiger partial charge in [0, 0.05) is 12.6 Å². The van der Waals surface area contributed by atoms with E-state index in [0.717, 1.165) is 31.2 Å². The molecule has 3 aliphatic rings. The van der Waals surface area contributed by atoms with Crippen LogP contribution in [-0.4, -0.2) is 29.7 Å². The molecule has 2 bridgehead atoms. The van der Waals surface area contributed by atoms with E-state index < -0.39 is 11.9 Å². The van der Waals surface area contributed by atoms with Gasteiger partial charge < -0.3 is 15.7 Å². The van der Waals surface area contributed by atoms with E-state index in [9.17, 15) is 9.59 Å². The van der Waals surface area contributed by atoms with Crippen LogP contribution in [0.5, 0.6) is 0 Å². The zero-order valence-corrected chi connectivity index (χ0v) is 11.8. The molecular weight excluding hydrogens is 256 g/mol. The molecule has 0 aromatic carbocycles.